The summed E-state index contributed by atoms with van der Waals surface area (Å²) in [6, 6.07) is 33.0. The zero-order valence-electron chi connectivity index (χ0n) is 31.4. The second-order valence-electron chi connectivity index (χ2n) is 14.4. The van der Waals surface area contributed by atoms with Crippen LogP contribution in [0.25, 0.3) is 11.1 Å². The van der Waals surface area contributed by atoms with Gasteiger partial charge in [-0.2, -0.15) is 0 Å². The SMILES string of the molecule is C=CCN(C[C@@H]1O[C@H](c2ccc(-c3ccccc3CNC(=O)N[C@@H](Cc3ccccc3)C(=O)OC)cc2)O[C@H](c2ccc(CO)cc2)[C@@H]1C)C1CCCC1. The number of carbonyl (C=O) groups is 2. The molecule has 1 saturated heterocycles. The molecule has 0 aromatic heterocycles. The van der Waals surface area contributed by atoms with Crippen molar-refractivity contribution < 1.29 is 28.9 Å². The van der Waals surface area contributed by atoms with Gasteiger partial charge < -0.3 is 30.0 Å². The third kappa shape index (κ3) is 9.84. The molecule has 1 aliphatic carbocycles. The summed E-state index contributed by atoms with van der Waals surface area (Å²) in [5, 5.41) is 15.4. The summed E-state index contributed by atoms with van der Waals surface area (Å²) in [5.74, 6) is -0.415. The van der Waals surface area contributed by atoms with Crippen LogP contribution >= 0.6 is 0 Å². The number of carbonyl (C=O) groups excluding carboxylic acids is 2. The van der Waals surface area contributed by atoms with Crippen molar-refractivity contribution in [2.45, 2.75) is 82.8 Å². The number of aliphatic hydroxyl groups excluding tert-OH is 1. The second kappa shape index (κ2) is 19.0. The normalized spacial score (nSPS) is 20.7. The highest BCUT2D eigenvalue weighted by atomic mass is 16.7. The number of nitrogens with zero attached hydrogens (tertiary/aromatic N) is 1. The van der Waals surface area contributed by atoms with E-state index in [2.05, 4.69) is 65.4 Å². The summed E-state index contributed by atoms with van der Waals surface area (Å²) in [4.78, 5) is 28.0. The number of nitrogens with one attached hydrogen (secondary N) is 2. The third-order valence-corrected chi connectivity index (χ3v) is 10.8. The molecule has 2 aliphatic rings. The molecule has 0 spiro atoms. The number of rotatable bonds is 15. The van der Waals surface area contributed by atoms with E-state index in [1.54, 1.807) is 0 Å². The zero-order chi connectivity index (χ0) is 37.9. The Bertz CT molecular complexity index is 1810. The fourth-order valence-electron chi connectivity index (χ4n) is 7.71. The summed E-state index contributed by atoms with van der Waals surface area (Å²) in [7, 11) is 1.32. The fraction of sp³-hybridized carbons (Fsp3) is 0.378. The number of benzene rings is 4. The maximum Gasteiger partial charge on any atom is 0.328 e. The Morgan fingerprint density at radius 3 is 2.28 bits per heavy atom. The number of methoxy groups -OCH3 is 1. The van der Waals surface area contributed by atoms with Crippen molar-refractivity contribution in [3.05, 3.63) is 144 Å². The van der Waals surface area contributed by atoms with Gasteiger partial charge >= 0.3 is 12.0 Å². The quantitative estimate of drug-likeness (QED) is 0.0852. The largest absolute Gasteiger partial charge is 0.467 e. The van der Waals surface area contributed by atoms with E-state index in [1.165, 1.54) is 32.8 Å². The minimum Gasteiger partial charge on any atom is -0.467 e. The van der Waals surface area contributed by atoms with E-state index in [0.29, 0.717) is 12.5 Å². The molecule has 0 bridgehead atoms. The summed E-state index contributed by atoms with van der Waals surface area (Å²) in [5.41, 5.74) is 6.67. The predicted octanol–water partition coefficient (Wildman–Crippen LogP) is 7.65. The maximum atomic E-state index is 13.0. The van der Waals surface area contributed by atoms with E-state index in [1.807, 2.05) is 72.8 Å². The lowest BCUT2D eigenvalue weighted by molar-refractivity contribution is -0.276. The molecular formula is C45H53N3O6. The van der Waals surface area contributed by atoms with Gasteiger partial charge in [-0.15, -0.1) is 6.58 Å². The van der Waals surface area contributed by atoms with E-state index in [-0.39, 0.29) is 31.3 Å². The lowest BCUT2D eigenvalue weighted by Gasteiger charge is -2.43. The van der Waals surface area contributed by atoms with Gasteiger partial charge in [0.15, 0.2) is 6.29 Å². The van der Waals surface area contributed by atoms with Gasteiger partial charge in [-0.05, 0) is 46.2 Å². The highest BCUT2D eigenvalue weighted by Gasteiger charge is 2.40. The van der Waals surface area contributed by atoms with Crippen LogP contribution in [0.5, 0.6) is 0 Å². The van der Waals surface area contributed by atoms with Crippen molar-refractivity contribution in [2.24, 2.45) is 5.92 Å². The molecule has 54 heavy (non-hydrogen) atoms. The molecule has 6 rings (SSSR count). The highest BCUT2D eigenvalue weighted by Crippen LogP contribution is 2.42. The van der Waals surface area contributed by atoms with Crippen LogP contribution in [0.3, 0.4) is 0 Å². The van der Waals surface area contributed by atoms with Gasteiger partial charge in [-0.3, -0.25) is 4.90 Å². The van der Waals surface area contributed by atoms with Crippen LogP contribution in [0.4, 0.5) is 4.79 Å². The summed E-state index contributed by atoms with van der Waals surface area (Å²) < 4.78 is 18.5. The minimum absolute atomic E-state index is 0.00300. The molecule has 1 heterocycles. The number of urea groups is 1. The maximum absolute atomic E-state index is 13.0. The average molecular weight is 732 g/mol. The van der Waals surface area contributed by atoms with Crippen molar-refractivity contribution >= 4 is 12.0 Å². The van der Waals surface area contributed by atoms with Gasteiger partial charge in [0.05, 0.1) is 25.9 Å². The van der Waals surface area contributed by atoms with Gasteiger partial charge in [0.2, 0.25) is 0 Å². The van der Waals surface area contributed by atoms with Gasteiger partial charge in [0, 0.05) is 43.6 Å². The van der Waals surface area contributed by atoms with Crippen molar-refractivity contribution in [2.75, 3.05) is 20.2 Å². The van der Waals surface area contributed by atoms with Crippen LogP contribution in [0.15, 0.2) is 116 Å². The molecule has 9 heteroatoms. The molecule has 2 amide bonds. The first-order valence-corrected chi connectivity index (χ1v) is 19.1. The van der Waals surface area contributed by atoms with Gasteiger partial charge in [0.25, 0.3) is 0 Å². The smallest absolute Gasteiger partial charge is 0.328 e. The number of hydrogen-bond donors (Lipinski definition) is 3. The van der Waals surface area contributed by atoms with Crippen molar-refractivity contribution in [1.29, 1.82) is 0 Å². The van der Waals surface area contributed by atoms with Crippen molar-refractivity contribution in [3.8, 4) is 11.1 Å². The summed E-state index contributed by atoms with van der Waals surface area (Å²) in [6.07, 6.45) is 6.39. The van der Waals surface area contributed by atoms with Crippen LogP contribution < -0.4 is 10.6 Å². The van der Waals surface area contributed by atoms with Crippen LogP contribution in [-0.2, 0) is 38.6 Å². The molecule has 3 N–H and O–H groups in total. The molecule has 284 valence electrons. The molecule has 0 unspecified atom stereocenters. The molecule has 5 atom stereocenters. The monoisotopic (exact) mass is 731 g/mol. The van der Waals surface area contributed by atoms with E-state index in [4.69, 9.17) is 14.2 Å². The van der Waals surface area contributed by atoms with Crippen LogP contribution in [0.1, 0.15) is 72.8 Å². The van der Waals surface area contributed by atoms with E-state index < -0.39 is 24.3 Å². The first-order chi connectivity index (χ1) is 26.4. The second-order valence-corrected chi connectivity index (χ2v) is 14.4. The van der Waals surface area contributed by atoms with Gasteiger partial charge in [-0.25, -0.2) is 9.59 Å². The Kier molecular flexibility index (Phi) is 13.7. The molecule has 4 aromatic rings. The highest BCUT2D eigenvalue weighted by molar-refractivity contribution is 5.84. The Balaban J connectivity index is 1.17. The van der Waals surface area contributed by atoms with Crippen LogP contribution in [-0.4, -0.2) is 60.4 Å². The minimum atomic E-state index is -0.820. The first-order valence-electron chi connectivity index (χ1n) is 19.1. The Labute approximate surface area is 319 Å². The van der Waals surface area contributed by atoms with Crippen molar-refractivity contribution in [1.82, 2.24) is 15.5 Å². The van der Waals surface area contributed by atoms with Gasteiger partial charge in [-0.1, -0.05) is 129 Å². The number of amides is 2. The topological polar surface area (TPSA) is 109 Å². The molecular weight excluding hydrogens is 679 g/mol. The Morgan fingerprint density at radius 2 is 1.59 bits per heavy atom. The Morgan fingerprint density at radius 1 is 0.907 bits per heavy atom. The standard InChI is InChI=1S/C45H53N3O6/c1-4-26-48(38-15-9-10-16-38)29-41-31(2)42(35-20-18-33(30-49)19-21-35)54-44(53-41)36-24-22-34(23-25-36)39-17-11-8-14-37(39)28-46-45(51)47-40(43(50)52-3)27-32-12-6-5-7-13-32/h4-8,11-14,17-25,31,38,40-42,44,49H,1,9-10,15-16,26-30H2,2-3H3,(H2,46,47,51)/t31-,40+,41+,42+,44+/m1/s1. The lowest BCUT2D eigenvalue weighted by Crippen LogP contribution is -2.47. The fourth-order valence-corrected chi connectivity index (χ4v) is 7.71. The summed E-state index contributed by atoms with van der Waals surface area (Å²) >= 11 is 0. The molecule has 0 radical (unpaired) electrons. The zero-order valence-corrected chi connectivity index (χ0v) is 31.4. The van der Waals surface area contributed by atoms with E-state index >= 15 is 0 Å². The lowest BCUT2D eigenvalue weighted by atomic mass is 9.89. The predicted molar refractivity (Wildman–Crippen MR) is 210 cm³/mol. The number of ether oxygens (including phenoxy) is 3. The van der Waals surface area contributed by atoms with Gasteiger partial charge in [0.1, 0.15) is 6.04 Å². The number of aliphatic hydroxyl groups is 1. The first kappa shape index (κ1) is 38.9. The average Bonchev–Trinajstić information content (AvgIpc) is 3.76. The molecule has 9 nitrogen and oxygen atoms in total. The Hall–Kier alpha value is -4.80. The van der Waals surface area contributed by atoms with Crippen molar-refractivity contribution in [3.63, 3.8) is 0 Å². The van der Waals surface area contributed by atoms with Crippen LogP contribution in [0, 0.1) is 5.92 Å². The van der Waals surface area contributed by atoms with E-state index in [0.717, 1.165) is 52.0 Å². The molecule has 2 fully saturated rings. The van der Waals surface area contributed by atoms with Crippen LogP contribution in [0.2, 0.25) is 0 Å². The molecule has 4 aromatic carbocycles. The van der Waals surface area contributed by atoms with E-state index in [9.17, 15) is 14.7 Å². The number of hydrogen-bond acceptors (Lipinski definition) is 7. The summed E-state index contributed by atoms with van der Waals surface area (Å²) in [6.45, 7) is 8.13. The molecule has 1 aliphatic heterocycles. The number of esters is 1. The third-order valence-electron chi connectivity index (χ3n) is 10.8. The molecule has 1 saturated carbocycles.